The predicted octanol–water partition coefficient (Wildman–Crippen LogP) is 3.71. The molecule has 1 atom stereocenters. The van der Waals surface area contributed by atoms with Crippen LogP contribution in [0, 0.1) is 0 Å². The number of aromatic nitrogens is 1. The molecule has 0 saturated heterocycles. The molecule has 3 aromatic rings. The molecular weight excluding hydrogens is 396 g/mol. The number of rotatable bonds is 4. The Morgan fingerprint density at radius 2 is 2.03 bits per heavy atom. The molecule has 1 amide bonds. The SMILES string of the molecule is COc1ccc(NC(=O)c2cn3c4c(ccc(Cl)c4c2=O)O[C@H](C)C3)c(OC)c1. The summed E-state index contributed by atoms with van der Waals surface area (Å²) in [6, 6.07) is 8.33. The van der Waals surface area contributed by atoms with Crippen molar-refractivity contribution in [2.24, 2.45) is 0 Å². The van der Waals surface area contributed by atoms with E-state index in [0.717, 1.165) is 0 Å². The Morgan fingerprint density at radius 1 is 1.24 bits per heavy atom. The molecule has 0 bridgehead atoms. The molecule has 1 N–H and O–H groups in total. The highest BCUT2D eigenvalue weighted by molar-refractivity contribution is 6.35. The van der Waals surface area contributed by atoms with Gasteiger partial charge in [0.15, 0.2) is 0 Å². The van der Waals surface area contributed by atoms with Crippen LogP contribution in [0.15, 0.2) is 41.3 Å². The van der Waals surface area contributed by atoms with Crippen molar-refractivity contribution in [1.29, 1.82) is 0 Å². The number of halogens is 1. The molecular formula is C21H19ClN2O5. The molecule has 150 valence electrons. The van der Waals surface area contributed by atoms with E-state index in [1.807, 2.05) is 11.5 Å². The number of hydrogen-bond acceptors (Lipinski definition) is 5. The van der Waals surface area contributed by atoms with Crippen molar-refractivity contribution in [3.8, 4) is 17.2 Å². The summed E-state index contributed by atoms with van der Waals surface area (Å²) in [4.78, 5) is 26.1. The second-order valence-electron chi connectivity index (χ2n) is 6.74. The average Bonchev–Trinajstić information content (AvgIpc) is 2.71. The van der Waals surface area contributed by atoms with Crippen LogP contribution in [-0.4, -0.2) is 30.8 Å². The van der Waals surface area contributed by atoms with Crippen LogP contribution < -0.4 is 25.0 Å². The van der Waals surface area contributed by atoms with Crippen LogP contribution in [0.4, 0.5) is 5.69 Å². The third-order valence-electron chi connectivity index (χ3n) is 4.82. The lowest BCUT2D eigenvalue weighted by Crippen LogP contribution is -2.30. The first-order valence-corrected chi connectivity index (χ1v) is 9.36. The van der Waals surface area contributed by atoms with Crippen molar-refractivity contribution in [3.05, 3.63) is 57.3 Å². The molecule has 0 aliphatic carbocycles. The van der Waals surface area contributed by atoms with Gasteiger partial charge in [-0.25, -0.2) is 0 Å². The Balaban J connectivity index is 1.81. The molecule has 4 rings (SSSR count). The molecule has 29 heavy (non-hydrogen) atoms. The molecule has 1 aliphatic heterocycles. The van der Waals surface area contributed by atoms with Gasteiger partial charge in [-0.05, 0) is 31.2 Å². The predicted molar refractivity (Wildman–Crippen MR) is 111 cm³/mol. The van der Waals surface area contributed by atoms with E-state index in [2.05, 4.69) is 5.32 Å². The third-order valence-corrected chi connectivity index (χ3v) is 5.13. The Kier molecular flexibility index (Phi) is 4.84. The number of carbonyl (C=O) groups is 1. The van der Waals surface area contributed by atoms with Gasteiger partial charge in [-0.1, -0.05) is 11.6 Å². The first-order chi connectivity index (χ1) is 13.9. The van der Waals surface area contributed by atoms with Gasteiger partial charge in [-0.2, -0.15) is 0 Å². The second-order valence-corrected chi connectivity index (χ2v) is 7.15. The maximum atomic E-state index is 13.1. The van der Waals surface area contributed by atoms with Gasteiger partial charge in [0.25, 0.3) is 5.91 Å². The van der Waals surface area contributed by atoms with Crippen molar-refractivity contribution in [1.82, 2.24) is 4.57 Å². The maximum absolute atomic E-state index is 13.1. The maximum Gasteiger partial charge on any atom is 0.261 e. The van der Waals surface area contributed by atoms with Crippen LogP contribution in [0.3, 0.4) is 0 Å². The van der Waals surface area contributed by atoms with Gasteiger partial charge >= 0.3 is 0 Å². The van der Waals surface area contributed by atoms with Crippen molar-refractivity contribution >= 4 is 34.1 Å². The van der Waals surface area contributed by atoms with Gasteiger partial charge in [-0.3, -0.25) is 9.59 Å². The number of amides is 1. The van der Waals surface area contributed by atoms with E-state index in [0.29, 0.717) is 35.0 Å². The minimum atomic E-state index is -0.551. The minimum Gasteiger partial charge on any atom is -0.497 e. The van der Waals surface area contributed by atoms with E-state index < -0.39 is 11.3 Å². The van der Waals surface area contributed by atoms with Gasteiger partial charge in [0.2, 0.25) is 5.43 Å². The molecule has 7 nitrogen and oxygen atoms in total. The van der Waals surface area contributed by atoms with Gasteiger partial charge in [0.05, 0.1) is 42.4 Å². The van der Waals surface area contributed by atoms with Gasteiger partial charge in [-0.15, -0.1) is 0 Å². The number of pyridine rings is 1. The molecule has 1 aromatic heterocycles. The zero-order chi connectivity index (χ0) is 20.7. The number of carbonyl (C=O) groups excluding carboxylic acids is 1. The van der Waals surface area contributed by atoms with Gasteiger partial charge < -0.3 is 24.1 Å². The van der Waals surface area contributed by atoms with Crippen molar-refractivity contribution in [2.75, 3.05) is 19.5 Å². The summed E-state index contributed by atoms with van der Waals surface area (Å²) >= 11 is 6.31. The van der Waals surface area contributed by atoms with Crippen LogP contribution in [0.25, 0.3) is 10.9 Å². The summed E-state index contributed by atoms with van der Waals surface area (Å²) in [5.41, 5.74) is 0.557. The topological polar surface area (TPSA) is 78.8 Å². The fraction of sp³-hybridized carbons (Fsp3) is 0.238. The lowest BCUT2D eigenvalue weighted by Gasteiger charge is -2.26. The lowest BCUT2D eigenvalue weighted by molar-refractivity contribution is 0.102. The Labute approximate surface area is 171 Å². The highest BCUT2D eigenvalue weighted by Crippen LogP contribution is 2.34. The van der Waals surface area contributed by atoms with Crippen LogP contribution >= 0.6 is 11.6 Å². The minimum absolute atomic E-state index is 0.0106. The smallest absolute Gasteiger partial charge is 0.261 e. The molecule has 8 heteroatoms. The monoisotopic (exact) mass is 414 g/mol. The molecule has 0 fully saturated rings. The second kappa shape index (κ2) is 7.33. The van der Waals surface area contributed by atoms with E-state index >= 15 is 0 Å². The van der Waals surface area contributed by atoms with Crippen LogP contribution in [0.1, 0.15) is 17.3 Å². The summed E-state index contributed by atoms with van der Waals surface area (Å²) in [6.07, 6.45) is 1.45. The molecule has 1 aliphatic rings. The fourth-order valence-corrected chi connectivity index (χ4v) is 3.72. The van der Waals surface area contributed by atoms with Crippen molar-refractivity contribution in [2.45, 2.75) is 19.6 Å². The Hall–Kier alpha value is -3.19. The number of ether oxygens (including phenoxy) is 3. The highest BCUT2D eigenvalue weighted by atomic mass is 35.5. The lowest BCUT2D eigenvalue weighted by atomic mass is 10.1. The number of nitrogens with zero attached hydrogens (tertiary/aromatic N) is 1. The highest BCUT2D eigenvalue weighted by Gasteiger charge is 2.25. The average molecular weight is 415 g/mol. The van der Waals surface area contributed by atoms with Crippen LogP contribution in [0.2, 0.25) is 5.02 Å². The summed E-state index contributed by atoms with van der Waals surface area (Å²) < 4.78 is 18.1. The van der Waals surface area contributed by atoms with E-state index in [-0.39, 0.29) is 22.1 Å². The normalized spacial score (nSPS) is 15.0. The molecule has 0 radical (unpaired) electrons. The van der Waals surface area contributed by atoms with Crippen LogP contribution in [0.5, 0.6) is 17.2 Å². The Morgan fingerprint density at radius 3 is 2.76 bits per heavy atom. The summed E-state index contributed by atoms with van der Waals surface area (Å²) in [7, 11) is 3.03. The number of methoxy groups -OCH3 is 2. The third kappa shape index (κ3) is 3.27. The van der Waals surface area contributed by atoms with Gasteiger partial charge in [0, 0.05) is 12.3 Å². The summed E-state index contributed by atoms with van der Waals surface area (Å²) in [6.45, 7) is 2.42. The zero-order valence-electron chi connectivity index (χ0n) is 16.1. The summed E-state index contributed by atoms with van der Waals surface area (Å²) in [5.74, 6) is 1.03. The molecule has 2 heterocycles. The molecule has 0 spiro atoms. The number of anilines is 1. The standard InChI is InChI=1S/C21H19ClN2O5/c1-11-9-24-10-13(20(25)18-14(22)5-7-16(29-11)19(18)24)21(26)23-15-6-4-12(27-2)8-17(15)28-3/h4-8,10-11H,9H2,1-3H3,(H,23,26)/t11-/m1/s1. The van der Waals surface area contributed by atoms with Crippen molar-refractivity contribution in [3.63, 3.8) is 0 Å². The van der Waals surface area contributed by atoms with Crippen molar-refractivity contribution < 1.29 is 19.0 Å². The molecule has 0 unspecified atom stereocenters. The van der Waals surface area contributed by atoms with E-state index in [9.17, 15) is 9.59 Å². The van der Waals surface area contributed by atoms with Gasteiger partial charge in [0.1, 0.15) is 28.9 Å². The van der Waals surface area contributed by atoms with E-state index in [1.54, 1.807) is 36.5 Å². The van der Waals surface area contributed by atoms with Crippen LogP contribution in [-0.2, 0) is 6.54 Å². The quantitative estimate of drug-likeness (QED) is 0.704. The molecule has 0 saturated carbocycles. The number of benzene rings is 2. The molecule has 2 aromatic carbocycles. The van der Waals surface area contributed by atoms with E-state index in [4.69, 9.17) is 25.8 Å². The first-order valence-electron chi connectivity index (χ1n) is 8.98. The Bertz CT molecular complexity index is 1190. The first kappa shape index (κ1) is 19.1. The fourth-order valence-electron chi connectivity index (χ4n) is 3.49. The largest absolute Gasteiger partial charge is 0.497 e. The van der Waals surface area contributed by atoms with E-state index in [1.165, 1.54) is 14.2 Å². The zero-order valence-corrected chi connectivity index (χ0v) is 16.9. The number of hydrogen-bond donors (Lipinski definition) is 1. The number of nitrogens with one attached hydrogen (secondary N) is 1. The summed E-state index contributed by atoms with van der Waals surface area (Å²) in [5, 5.41) is 3.29.